The maximum Gasteiger partial charge on any atom is 0.239 e. The molecule has 0 aromatic rings. The molecule has 0 bridgehead atoms. The minimum atomic E-state index is -0.347. The van der Waals surface area contributed by atoms with Gasteiger partial charge in [-0.2, -0.15) is 0 Å². The van der Waals surface area contributed by atoms with Crippen molar-refractivity contribution in [3.8, 4) is 0 Å². The van der Waals surface area contributed by atoms with E-state index in [1.807, 2.05) is 18.7 Å². The fraction of sp³-hybridized carbons (Fsp3) is 0.923. The predicted molar refractivity (Wildman–Crippen MR) is 68.3 cm³/mol. The third-order valence-electron chi connectivity index (χ3n) is 4.49. The van der Waals surface area contributed by atoms with Crippen LogP contribution in [0.15, 0.2) is 0 Å². The summed E-state index contributed by atoms with van der Waals surface area (Å²) >= 11 is 0. The molecule has 4 heteroatoms. The van der Waals surface area contributed by atoms with E-state index in [-0.39, 0.29) is 17.9 Å². The molecule has 1 aliphatic heterocycles. The lowest BCUT2D eigenvalue weighted by Gasteiger charge is -2.26. The van der Waals surface area contributed by atoms with Crippen LogP contribution < -0.4 is 11.5 Å². The molecule has 0 aromatic heterocycles. The van der Waals surface area contributed by atoms with Gasteiger partial charge in [-0.25, -0.2) is 0 Å². The third-order valence-corrected chi connectivity index (χ3v) is 4.49. The number of amides is 1. The van der Waals surface area contributed by atoms with Crippen molar-refractivity contribution in [2.75, 3.05) is 13.1 Å². The van der Waals surface area contributed by atoms with Crippen molar-refractivity contribution in [1.29, 1.82) is 0 Å². The average Bonchev–Trinajstić information content (AvgIpc) is 2.84. The second-order valence-corrected chi connectivity index (χ2v) is 6.28. The lowest BCUT2D eigenvalue weighted by molar-refractivity contribution is -0.132. The Hall–Kier alpha value is -0.610. The zero-order valence-corrected chi connectivity index (χ0v) is 11.0. The van der Waals surface area contributed by atoms with Crippen molar-refractivity contribution < 1.29 is 4.79 Å². The van der Waals surface area contributed by atoms with Crippen LogP contribution in [0.1, 0.15) is 39.5 Å². The number of likely N-dealkylation sites (tertiary alicyclic amines) is 1. The zero-order chi connectivity index (χ0) is 12.6. The van der Waals surface area contributed by atoms with Crippen LogP contribution in [0.5, 0.6) is 0 Å². The van der Waals surface area contributed by atoms with E-state index in [0.29, 0.717) is 11.5 Å². The first-order chi connectivity index (χ1) is 7.93. The van der Waals surface area contributed by atoms with E-state index >= 15 is 0 Å². The first-order valence-corrected chi connectivity index (χ1v) is 6.73. The van der Waals surface area contributed by atoms with Gasteiger partial charge in [-0.05, 0) is 37.0 Å². The van der Waals surface area contributed by atoms with Gasteiger partial charge in [-0.3, -0.25) is 4.79 Å². The molecule has 2 fully saturated rings. The lowest BCUT2D eigenvalue weighted by atomic mass is 9.85. The van der Waals surface area contributed by atoms with Crippen molar-refractivity contribution in [2.45, 2.75) is 51.6 Å². The van der Waals surface area contributed by atoms with Crippen LogP contribution >= 0.6 is 0 Å². The van der Waals surface area contributed by atoms with Crippen LogP contribution in [0.2, 0.25) is 0 Å². The fourth-order valence-corrected chi connectivity index (χ4v) is 3.24. The molecule has 0 aromatic carbocycles. The normalized spacial score (nSPS) is 34.9. The summed E-state index contributed by atoms with van der Waals surface area (Å²) in [4.78, 5) is 14.1. The summed E-state index contributed by atoms with van der Waals surface area (Å²) in [6, 6.07) is -0.0101. The molecule has 1 heterocycles. The summed E-state index contributed by atoms with van der Waals surface area (Å²) in [6.07, 6.45) is 4.47. The number of nitrogens with zero attached hydrogens (tertiary/aromatic N) is 1. The summed E-state index contributed by atoms with van der Waals surface area (Å²) < 4.78 is 0. The van der Waals surface area contributed by atoms with E-state index in [1.54, 1.807) is 0 Å². The molecule has 1 aliphatic carbocycles. The Morgan fingerprint density at radius 2 is 2.12 bits per heavy atom. The maximum atomic E-state index is 12.2. The van der Waals surface area contributed by atoms with E-state index in [1.165, 1.54) is 6.42 Å². The van der Waals surface area contributed by atoms with Gasteiger partial charge in [0.15, 0.2) is 0 Å². The molecule has 4 nitrogen and oxygen atoms in total. The van der Waals surface area contributed by atoms with Gasteiger partial charge in [0.1, 0.15) is 0 Å². The Morgan fingerprint density at radius 1 is 1.41 bits per heavy atom. The fourth-order valence-electron chi connectivity index (χ4n) is 3.24. The van der Waals surface area contributed by atoms with Gasteiger partial charge >= 0.3 is 0 Å². The van der Waals surface area contributed by atoms with Gasteiger partial charge in [0.2, 0.25) is 5.91 Å². The lowest BCUT2D eigenvalue weighted by Crippen LogP contribution is -2.46. The smallest absolute Gasteiger partial charge is 0.239 e. The Kier molecular flexibility index (Phi) is 3.46. The maximum absolute atomic E-state index is 12.2. The topological polar surface area (TPSA) is 72.4 Å². The number of nitrogens with two attached hydrogens (primary N) is 2. The molecule has 0 unspecified atom stereocenters. The third kappa shape index (κ3) is 2.47. The molecular weight excluding hydrogens is 214 g/mol. The Labute approximate surface area is 104 Å². The van der Waals surface area contributed by atoms with Gasteiger partial charge < -0.3 is 16.4 Å². The van der Waals surface area contributed by atoms with Crippen LogP contribution in [0, 0.1) is 11.3 Å². The minimum Gasteiger partial charge on any atom is -0.341 e. The van der Waals surface area contributed by atoms with E-state index in [2.05, 4.69) is 0 Å². The predicted octanol–water partition coefficient (Wildman–Crippen LogP) is 0.700. The van der Waals surface area contributed by atoms with Gasteiger partial charge in [-0.15, -0.1) is 0 Å². The SMILES string of the molecule is CC(C)[C@H](N)C(=O)N1CC[C@@]2(CC[C@@H](N)C2)C1. The van der Waals surface area contributed by atoms with Crippen molar-refractivity contribution in [3.63, 3.8) is 0 Å². The van der Waals surface area contributed by atoms with Crippen LogP contribution in [-0.4, -0.2) is 36.0 Å². The Balaban J connectivity index is 1.96. The summed E-state index contributed by atoms with van der Waals surface area (Å²) in [5, 5.41) is 0. The van der Waals surface area contributed by atoms with Gasteiger partial charge in [-0.1, -0.05) is 13.8 Å². The molecule has 98 valence electrons. The second-order valence-electron chi connectivity index (χ2n) is 6.28. The van der Waals surface area contributed by atoms with E-state index in [9.17, 15) is 4.79 Å². The summed E-state index contributed by atoms with van der Waals surface area (Å²) in [7, 11) is 0. The highest BCUT2D eigenvalue weighted by atomic mass is 16.2. The Bertz CT molecular complexity index is 305. The number of rotatable bonds is 2. The highest BCUT2D eigenvalue weighted by Crippen LogP contribution is 2.44. The van der Waals surface area contributed by atoms with Gasteiger partial charge in [0, 0.05) is 19.1 Å². The van der Waals surface area contributed by atoms with Crippen LogP contribution in [0.4, 0.5) is 0 Å². The molecule has 17 heavy (non-hydrogen) atoms. The van der Waals surface area contributed by atoms with E-state index in [0.717, 1.165) is 32.4 Å². The second kappa shape index (κ2) is 4.58. The van der Waals surface area contributed by atoms with E-state index < -0.39 is 0 Å². The molecule has 0 radical (unpaired) electrons. The quantitative estimate of drug-likeness (QED) is 0.745. The molecule has 2 rings (SSSR count). The Morgan fingerprint density at radius 3 is 2.65 bits per heavy atom. The molecule has 3 atom stereocenters. The van der Waals surface area contributed by atoms with Crippen LogP contribution in [-0.2, 0) is 4.79 Å². The molecule has 1 spiro atoms. The van der Waals surface area contributed by atoms with E-state index in [4.69, 9.17) is 11.5 Å². The first kappa shape index (κ1) is 12.8. The number of hydrogen-bond acceptors (Lipinski definition) is 3. The molecule has 4 N–H and O–H groups in total. The summed E-state index contributed by atoms with van der Waals surface area (Å²) in [5.74, 6) is 0.335. The van der Waals surface area contributed by atoms with Crippen molar-refractivity contribution >= 4 is 5.91 Å². The molecule has 1 amide bonds. The molecule has 1 saturated heterocycles. The highest BCUT2D eigenvalue weighted by molar-refractivity contribution is 5.82. The van der Waals surface area contributed by atoms with Crippen molar-refractivity contribution in [3.05, 3.63) is 0 Å². The number of carbonyl (C=O) groups is 1. The molecular formula is C13H25N3O. The molecule has 2 aliphatic rings. The number of hydrogen-bond donors (Lipinski definition) is 2. The van der Waals surface area contributed by atoms with Gasteiger partial charge in [0.05, 0.1) is 6.04 Å². The molecule has 1 saturated carbocycles. The largest absolute Gasteiger partial charge is 0.341 e. The summed E-state index contributed by atoms with van der Waals surface area (Å²) in [5.41, 5.74) is 12.2. The number of carbonyl (C=O) groups excluding carboxylic acids is 1. The summed E-state index contributed by atoms with van der Waals surface area (Å²) in [6.45, 7) is 5.74. The van der Waals surface area contributed by atoms with Crippen molar-refractivity contribution in [1.82, 2.24) is 4.90 Å². The monoisotopic (exact) mass is 239 g/mol. The first-order valence-electron chi connectivity index (χ1n) is 6.73. The average molecular weight is 239 g/mol. The minimum absolute atomic E-state index is 0.123. The zero-order valence-electron chi connectivity index (χ0n) is 11.0. The highest BCUT2D eigenvalue weighted by Gasteiger charge is 2.44. The van der Waals surface area contributed by atoms with Gasteiger partial charge in [0.25, 0.3) is 0 Å². The van der Waals surface area contributed by atoms with Crippen LogP contribution in [0.25, 0.3) is 0 Å². The standard InChI is InChI=1S/C13H25N3O/c1-9(2)11(15)12(17)16-6-5-13(8-16)4-3-10(14)7-13/h9-11H,3-8,14-15H2,1-2H3/t10-,11+,13-/m1/s1. The van der Waals surface area contributed by atoms with Crippen molar-refractivity contribution in [2.24, 2.45) is 22.8 Å². The van der Waals surface area contributed by atoms with Crippen LogP contribution in [0.3, 0.4) is 0 Å².